The Labute approximate surface area is 341 Å². The summed E-state index contributed by atoms with van der Waals surface area (Å²) < 4.78 is 9.55. The van der Waals surface area contributed by atoms with Gasteiger partial charge in [0.15, 0.2) is 11.3 Å². The van der Waals surface area contributed by atoms with E-state index in [1.807, 2.05) is 109 Å². The lowest BCUT2D eigenvalue weighted by molar-refractivity contribution is 0.0766. The van der Waals surface area contributed by atoms with E-state index in [0.29, 0.717) is 43.9 Å². The first-order valence-corrected chi connectivity index (χ1v) is 20.0. The third-order valence-electron chi connectivity index (χ3n) is 11.0. The van der Waals surface area contributed by atoms with Gasteiger partial charge in [-0.3, -0.25) is 4.79 Å². The van der Waals surface area contributed by atoms with Crippen LogP contribution in [0.1, 0.15) is 59.3 Å². The maximum Gasteiger partial charge on any atom is 0.269 e. The Bertz CT molecular complexity index is 2930. The van der Waals surface area contributed by atoms with Crippen LogP contribution in [0.15, 0.2) is 144 Å². The molecule has 1 fully saturated rings. The second-order valence-corrected chi connectivity index (χ2v) is 15.4. The van der Waals surface area contributed by atoms with Crippen molar-refractivity contribution in [1.29, 1.82) is 0 Å². The summed E-state index contributed by atoms with van der Waals surface area (Å²) in [5.74, 6) is 2.29. The van der Waals surface area contributed by atoms with Crippen LogP contribution in [0.5, 0.6) is 5.75 Å². The molecule has 0 N–H and O–H groups in total. The molecule has 11 heteroatoms. The maximum absolute atomic E-state index is 13.6. The van der Waals surface area contributed by atoms with Crippen molar-refractivity contribution in [3.05, 3.63) is 162 Å². The Hall–Kier alpha value is -7.27. The van der Waals surface area contributed by atoms with Crippen molar-refractivity contribution in [2.75, 3.05) is 0 Å². The van der Waals surface area contributed by atoms with Gasteiger partial charge in [0.1, 0.15) is 12.4 Å². The Morgan fingerprint density at radius 2 is 1.34 bits per heavy atom. The fraction of sp³-hybridized carbons (Fsp3) is 0.188. The van der Waals surface area contributed by atoms with E-state index in [2.05, 4.69) is 53.5 Å². The largest absolute Gasteiger partial charge is 0.489 e. The molecule has 1 amide bonds. The highest BCUT2D eigenvalue weighted by molar-refractivity contribution is 5.99. The van der Waals surface area contributed by atoms with E-state index in [1.54, 1.807) is 9.03 Å². The molecule has 290 valence electrons. The third kappa shape index (κ3) is 7.62. The first-order valence-electron chi connectivity index (χ1n) is 20.0. The number of carbonyl (C=O) groups is 1. The zero-order chi connectivity index (χ0) is 39.9. The van der Waals surface area contributed by atoms with Crippen molar-refractivity contribution >= 4 is 40.5 Å². The van der Waals surface area contributed by atoms with Gasteiger partial charge in [-0.2, -0.15) is 9.97 Å². The van der Waals surface area contributed by atoms with E-state index in [1.165, 1.54) is 12.8 Å². The summed E-state index contributed by atoms with van der Waals surface area (Å²) in [5.41, 5.74) is 12.4. The van der Waals surface area contributed by atoms with Crippen molar-refractivity contribution in [3.8, 4) is 28.0 Å². The standard InChI is InChI=1S/C48H41N9O2/c1-31(49-47-51-44-41(13-7-23-56(44)53-47)37-17-20-40(21-18-37)59-30-33-9-4-3-5-10-33)25-34-11-6-12-35(26-34)28-55-29-39-27-38(19-22-43(39)46(55)58)42-14-8-24-57-45(42)52-48(54-57)50-32(2)36-15-16-36/h3-14,17-24,26-27,36H,15-16,25,28-30H2,1-2H3. The molecule has 1 aliphatic heterocycles. The molecule has 5 heterocycles. The van der Waals surface area contributed by atoms with Crippen molar-refractivity contribution < 1.29 is 9.53 Å². The summed E-state index contributed by atoms with van der Waals surface area (Å²) in [6.07, 6.45) is 6.79. The van der Waals surface area contributed by atoms with Gasteiger partial charge in [0.2, 0.25) is 0 Å². The molecule has 2 aliphatic rings. The molecule has 0 saturated heterocycles. The molecule has 59 heavy (non-hydrogen) atoms. The molecule has 11 nitrogen and oxygen atoms in total. The number of rotatable bonds is 12. The number of amides is 1. The fourth-order valence-electron chi connectivity index (χ4n) is 7.80. The predicted molar refractivity (Wildman–Crippen MR) is 230 cm³/mol. The first kappa shape index (κ1) is 36.1. The zero-order valence-electron chi connectivity index (χ0n) is 32.9. The minimum atomic E-state index is 0.0344. The fourth-order valence-corrected chi connectivity index (χ4v) is 7.80. The van der Waals surface area contributed by atoms with Crippen LogP contribution in [0.4, 0.5) is 11.9 Å². The van der Waals surface area contributed by atoms with Gasteiger partial charge in [-0.15, -0.1) is 10.2 Å². The molecule has 4 aromatic heterocycles. The van der Waals surface area contributed by atoms with Gasteiger partial charge in [0.05, 0.1) is 0 Å². The van der Waals surface area contributed by atoms with Crippen LogP contribution in [0.2, 0.25) is 0 Å². The van der Waals surface area contributed by atoms with Crippen LogP contribution in [0.3, 0.4) is 0 Å². The molecular weight excluding hydrogens is 735 g/mol. The van der Waals surface area contributed by atoms with Gasteiger partial charge in [0, 0.05) is 60.0 Å². The summed E-state index contributed by atoms with van der Waals surface area (Å²) in [6, 6.07) is 40.6. The predicted octanol–water partition coefficient (Wildman–Crippen LogP) is 9.68. The van der Waals surface area contributed by atoms with Crippen LogP contribution in [-0.4, -0.2) is 51.4 Å². The second kappa shape index (κ2) is 15.2. The van der Waals surface area contributed by atoms with Crippen LogP contribution in [0.25, 0.3) is 33.5 Å². The molecule has 0 bridgehead atoms. The number of hydrogen-bond acceptors (Lipinski definition) is 8. The Morgan fingerprint density at radius 1 is 0.678 bits per heavy atom. The number of aromatic nitrogens is 6. The van der Waals surface area contributed by atoms with E-state index in [9.17, 15) is 4.79 Å². The number of benzene rings is 4. The summed E-state index contributed by atoms with van der Waals surface area (Å²) in [4.78, 5) is 34.6. The maximum atomic E-state index is 13.6. The number of fused-ring (bicyclic) bond motifs is 3. The number of aliphatic imine (C=N–C) groups is 2. The van der Waals surface area contributed by atoms with Gasteiger partial charge < -0.3 is 9.64 Å². The Balaban J connectivity index is 0.807. The zero-order valence-corrected chi connectivity index (χ0v) is 32.9. The first-order chi connectivity index (χ1) is 28.9. The normalized spacial score (nSPS) is 14.4. The number of pyridine rings is 2. The van der Waals surface area contributed by atoms with Gasteiger partial charge in [-0.1, -0.05) is 72.8 Å². The molecule has 0 radical (unpaired) electrons. The minimum Gasteiger partial charge on any atom is -0.489 e. The average molecular weight is 776 g/mol. The van der Waals surface area contributed by atoms with E-state index in [0.717, 1.165) is 78.5 Å². The molecule has 4 aromatic carbocycles. The molecule has 0 spiro atoms. The van der Waals surface area contributed by atoms with Gasteiger partial charge in [0.25, 0.3) is 17.8 Å². The second-order valence-electron chi connectivity index (χ2n) is 15.4. The highest BCUT2D eigenvalue weighted by Crippen LogP contribution is 2.34. The summed E-state index contributed by atoms with van der Waals surface area (Å²) in [6.45, 7) is 5.61. The quantitative estimate of drug-likeness (QED) is 0.114. The Kier molecular flexibility index (Phi) is 9.32. The van der Waals surface area contributed by atoms with Crippen molar-refractivity contribution in [1.82, 2.24) is 34.1 Å². The van der Waals surface area contributed by atoms with Crippen molar-refractivity contribution in [2.24, 2.45) is 15.9 Å². The molecule has 10 rings (SSSR count). The molecule has 8 aromatic rings. The number of carbonyl (C=O) groups excluding carboxylic acids is 1. The van der Waals surface area contributed by atoms with Crippen LogP contribution in [0, 0.1) is 5.92 Å². The average Bonchev–Trinajstić information content (AvgIpc) is 3.80. The number of nitrogens with zero attached hydrogens (tertiary/aromatic N) is 9. The van der Waals surface area contributed by atoms with Gasteiger partial charge in [-0.05, 0) is 115 Å². The van der Waals surface area contributed by atoms with E-state index < -0.39 is 0 Å². The molecule has 0 atom stereocenters. The van der Waals surface area contributed by atoms with Crippen LogP contribution in [-0.2, 0) is 26.1 Å². The van der Waals surface area contributed by atoms with Gasteiger partial charge >= 0.3 is 0 Å². The van der Waals surface area contributed by atoms with Crippen molar-refractivity contribution in [2.45, 2.75) is 52.8 Å². The van der Waals surface area contributed by atoms with Crippen LogP contribution >= 0.6 is 0 Å². The van der Waals surface area contributed by atoms with Crippen LogP contribution < -0.4 is 4.74 Å². The minimum absolute atomic E-state index is 0.0344. The molecule has 1 aliphatic carbocycles. The Morgan fingerprint density at radius 3 is 2.07 bits per heavy atom. The monoisotopic (exact) mass is 775 g/mol. The highest BCUT2D eigenvalue weighted by atomic mass is 16.5. The van der Waals surface area contributed by atoms with E-state index in [4.69, 9.17) is 24.7 Å². The smallest absolute Gasteiger partial charge is 0.269 e. The third-order valence-corrected chi connectivity index (χ3v) is 11.0. The van der Waals surface area contributed by atoms with Crippen molar-refractivity contribution in [3.63, 3.8) is 0 Å². The molecule has 1 saturated carbocycles. The summed E-state index contributed by atoms with van der Waals surface area (Å²) in [5, 5.41) is 9.28. The molecule has 0 unspecified atom stereocenters. The highest BCUT2D eigenvalue weighted by Gasteiger charge is 2.28. The summed E-state index contributed by atoms with van der Waals surface area (Å²) >= 11 is 0. The van der Waals surface area contributed by atoms with E-state index >= 15 is 0 Å². The topological polar surface area (TPSA) is 115 Å². The van der Waals surface area contributed by atoms with Gasteiger partial charge in [-0.25, -0.2) is 19.0 Å². The molecular formula is C48H41N9O2. The van der Waals surface area contributed by atoms with E-state index in [-0.39, 0.29) is 5.91 Å². The summed E-state index contributed by atoms with van der Waals surface area (Å²) in [7, 11) is 0. The lowest BCUT2D eigenvalue weighted by atomic mass is 10.0. The SMILES string of the molecule is CC(Cc1cccc(CN2Cc3cc(-c4cccn5nc(N=C(C)C6CC6)nc45)ccc3C2=O)c1)=Nc1nc2c(-c3ccc(OCc4ccccc4)cc3)cccn2n1. The lowest BCUT2D eigenvalue weighted by Crippen LogP contribution is -2.23. The number of ether oxygens (including phenoxy) is 1. The lowest BCUT2D eigenvalue weighted by Gasteiger charge is -2.16. The number of hydrogen-bond donors (Lipinski definition) is 0.